The van der Waals surface area contributed by atoms with Gasteiger partial charge in [-0.1, -0.05) is 17.4 Å². The second-order valence-electron chi connectivity index (χ2n) is 3.24. The number of nitrogen functional groups attached to an aromatic ring is 1. The monoisotopic (exact) mass is 251 g/mol. The lowest BCUT2D eigenvalue weighted by molar-refractivity contribution is 0.307. The Balaban J connectivity index is 1.96. The summed E-state index contributed by atoms with van der Waals surface area (Å²) in [7, 11) is 1.63. The molecular weight excluding hydrogens is 238 g/mol. The molecule has 1 heterocycles. The van der Waals surface area contributed by atoms with Crippen LogP contribution in [0.2, 0.25) is 0 Å². The van der Waals surface area contributed by atoms with E-state index in [0.29, 0.717) is 11.7 Å². The van der Waals surface area contributed by atoms with Crippen molar-refractivity contribution in [1.29, 1.82) is 0 Å². The topological polar surface area (TPSA) is 69.4 Å². The number of nitrogens with two attached hydrogens (primary N) is 1. The Bertz CT molecular complexity index is 487. The van der Waals surface area contributed by atoms with E-state index in [2.05, 4.69) is 10.4 Å². The van der Waals surface area contributed by atoms with E-state index in [-0.39, 0.29) is 0 Å². The van der Waals surface area contributed by atoms with Gasteiger partial charge in [0.25, 0.3) is 0 Å². The Morgan fingerprint density at radius 3 is 2.94 bits per heavy atom. The van der Waals surface area contributed by atoms with Gasteiger partial charge in [0.2, 0.25) is 0 Å². The van der Waals surface area contributed by atoms with E-state index in [1.54, 1.807) is 13.3 Å². The third-order valence-corrected chi connectivity index (χ3v) is 3.00. The summed E-state index contributed by atoms with van der Waals surface area (Å²) in [4.78, 5) is 5.06. The van der Waals surface area contributed by atoms with Gasteiger partial charge in [0.1, 0.15) is 18.1 Å². The van der Waals surface area contributed by atoms with Crippen molar-refractivity contribution in [1.82, 2.24) is 4.98 Å². The lowest BCUT2D eigenvalue weighted by atomic mass is 10.3. The Labute approximate surface area is 103 Å². The molecule has 0 radical (unpaired) electrons. The Morgan fingerprint density at radius 2 is 2.24 bits per heavy atom. The standard InChI is InChI=1S/C11H13N3O2S/c1-15-8-3-2-4-9(5-8)16-7-10-6-13-11(14-12)17-10/h2-6H,7,12H2,1H3,(H,13,14). The molecule has 90 valence electrons. The molecule has 0 bridgehead atoms. The van der Waals surface area contributed by atoms with Crippen LogP contribution < -0.4 is 20.7 Å². The fraction of sp³-hybridized carbons (Fsp3) is 0.182. The zero-order valence-electron chi connectivity index (χ0n) is 9.34. The van der Waals surface area contributed by atoms with Gasteiger partial charge in [-0.2, -0.15) is 0 Å². The predicted octanol–water partition coefficient (Wildman–Crippen LogP) is 2.02. The highest BCUT2D eigenvalue weighted by Gasteiger charge is 2.02. The molecule has 0 aliphatic carbocycles. The van der Waals surface area contributed by atoms with Gasteiger partial charge in [-0.25, -0.2) is 10.8 Å². The molecule has 0 spiro atoms. The van der Waals surface area contributed by atoms with Crippen molar-refractivity contribution in [2.24, 2.45) is 5.84 Å². The van der Waals surface area contributed by atoms with Crippen molar-refractivity contribution in [2.45, 2.75) is 6.61 Å². The molecule has 2 rings (SSSR count). The summed E-state index contributed by atoms with van der Waals surface area (Å²) in [6.45, 7) is 0.465. The number of nitrogens with zero attached hydrogens (tertiary/aromatic N) is 1. The molecule has 0 fully saturated rings. The van der Waals surface area contributed by atoms with E-state index < -0.39 is 0 Å². The van der Waals surface area contributed by atoms with Gasteiger partial charge >= 0.3 is 0 Å². The molecule has 1 aromatic heterocycles. The van der Waals surface area contributed by atoms with E-state index in [4.69, 9.17) is 15.3 Å². The SMILES string of the molecule is COc1cccc(OCc2cnc(NN)s2)c1. The van der Waals surface area contributed by atoms with E-state index in [1.807, 2.05) is 24.3 Å². The largest absolute Gasteiger partial charge is 0.497 e. The molecule has 0 amide bonds. The molecule has 0 saturated heterocycles. The van der Waals surface area contributed by atoms with Crippen LogP contribution in [0.15, 0.2) is 30.5 Å². The maximum Gasteiger partial charge on any atom is 0.197 e. The van der Waals surface area contributed by atoms with Crippen molar-refractivity contribution in [3.8, 4) is 11.5 Å². The smallest absolute Gasteiger partial charge is 0.197 e. The van der Waals surface area contributed by atoms with E-state index in [1.165, 1.54) is 11.3 Å². The number of benzene rings is 1. The third kappa shape index (κ3) is 3.08. The number of thiazole rings is 1. The minimum absolute atomic E-state index is 0.465. The maximum atomic E-state index is 5.61. The number of hydrazine groups is 1. The minimum atomic E-state index is 0.465. The second-order valence-corrected chi connectivity index (χ2v) is 4.36. The lowest BCUT2D eigenvalue weighted by Gasteiger charge is -2.05. The highest BCUT2D eigenvalue weighted by Crippen LogP contribution is 2.22. The van der Waals surface area contributed by atoms with E-state index >= 15 is 0 Å². The van der Waals surface area contributed by atoms with Crippen LogP contribution in [0, 0.1) is 0 Å². The van der Waals surface area contributed by atoms with Gasteiger partial charge in [-0.15, -0.1) is 0 Å². The highest BCUT2D eigenvalue weighted by atomic mass is 32.1. The molecule has 2 aromatic rings. The summed E-state index contributed by atoms with van der Waals surface area (Å²) < 4.78 is 10.7. The first-order valence-corrected chi connectivity index (χ1v) is 5.81. The zero-order chi connectivity index (χ0) is 12.1. The summed E-state index contributed by atoms with van der Waals surface area (Å²) in [6.07, 6.45) is 1.74. The minimum Gasteiger partial charge on any atom is -0.497 e. The second kappa shape index (κ2) is 5.51. The predicted molar refractivity (Wildman–Crippen MR) is 67.3 cm³/mol. The number of hydrogen-bond acceptors (Lipinski definition) is 6. The molecule has 17 heavy (non-hydrogen) atoms. The molecular formula is C11H13N3O2S. The van der Waals surface area contributed by atoms with Gasteiger partial charge < -0.3 is 9.47 Å². The summed E-state index contributed by atoms with van der Waals surface area (Å²) in [6, 6.07) is 7.47. The number of nitrogens with one attached hydrogen (secondary N) is 1. The molecule has 1 aromatic carbocycles. The van der Waals surface area contributed by atoms with Crippen molar-refractivity contribution in [3.63, 3.8) is 0 Å². The average Bonchev–Trinajstić information content (AvgIpc) is 2.84. The van der Waals surface area contributed by atoms with Crippen molar-refractivity contribution in [3.05, 3.63) is 35.3 Å². The number of anilines is 1. The number of hydrogen-bond donors (Lipinski definition) is 2. The van der Waals surface area contributed by atoms with Crippen molar-refractivity contribution >= 4 is 16.5 Å². The van der Waals surface area contributed by atoms with Crippen molar-refractivity contribution < 1.29 is 9.47 Å². The summed E-state index contributed by atoms with van der Waals surface area (Å²) in [5, 5.41) is 0.675. The molecule has 5 nitrogen and oxygen atoms in total. The Kier molecular flexibility index (Phi) is 3.79. The van der Waals surface area contributed by atoms with Crippen LogP contribution in [0.5, 0.6) is 11.5 Å². The van der Waals surface area contributed by atoms with Crippen LogP contribution in [0.1, 0.15) is 4.88 Å². The van der Waals surface area contributed by atoms with Gasteiger partial charge in [0.05, 0.1) is 12.0 Å². The first-order valence-electron chi connectivity index (χ1n) is 5.00. The Hall–Kier alpha value is -1.79. The number of ether oxygens (including phenoxy) is 2. The lowest BCUT2D eigenvalue weighted by Crippen LogP contribution is -2.05. The first kappa shape index (κ1) is 11.7. The van der Waals surface area contributed by atoms with Crippen LogP contribution in [0.3, 0.4) is 0 Å². The number of methoxy groups -OCH3 is 1. The van der Waals surface area contributed by atoms with Gasteiger partial charge in [-0.05, 0) is 12.1 Å². The number of rotatable bonds is 5. The van der Waals surface area contributed by atoms with Gasteiger partial charge in [0.15, 0.2) is 5.13 Å². The zero-order valence-corrected chi connectivity index (χ0v) is 10.2. The normalized spacial score (nSPS) is 10.0. The van der Waals surface area contributed by atoms with Crippen LogP contribution in [-0.2, 0) is 6.61 Å². The fourth-order valence-corrected chi connectivity index (χ4v) is 1.92. The maximum absolute atomic E-state index is 5.61. The first-order chi connectivity index (χ1) is 8.31. The molecule has 6 heteroatoms. The van der Waals surface area contributed by atoms with Gasteiger partial charge in [-0.3, -0.25) is 5.43 Å². The van der Waals surface area contributed by atoms with E-state index in [0.717, 1.165) is 16.4 Å². The average molecular weight is 251 g/mol. The fourth-order valence-electron chi connectivity index (χ4n) is 1.29. The van der Waals surface area contributed by atoms with Gasteiger partial charge in [0, 0.05) is 12.3 Å². The molecule has 0 atom stereocenters. The van der Waals surface area contributed by atoms with Crippen LogP contribution in [-0.4, -0.2) is 12.1 Å². The Morgan fingerprint density at radius 1 is 1.41 bits per heavy atom. The third-order valence-electron chi connectivity index (χ3n) is 2.10. The van der Waals surface area contributed by atoms with Crippen LogP contribution in [0.4, 0.5) is 5.13 Å². The van der Waals surface area contributed by atoms with Crippen LogP contribution >= 0.6 is 11.3 Å². The summed E-state index contributed by atoms with van der Waals surface area (Å²) >= 11 is 1.46. The quantitative estimate of drug-likeness (QED) is 0.628. The molecule has 0 unspecified atom stereocenters. The number of aromatic nitrogens is 1. The highest BCUT2D eigenvalue weighted by molar-refractivity contribution is 7.15. The molecule has 0 aliphatic rings. The van der Waals surface area contributed by atoms with E-state index in [9.17, 15) is 0 Å². The summed E-state index contributed by atoms with van der Waals surface area (Å²) in [5.74, 6) is 6.79. The molecule has 0 aliphatic heterocycles. The molecule has 3 N–H and O–H groups in total. The van der Waals surface area contributed by atoms with Crippen LogP contribution in [0.25, 0.3) is 0 Å². The molecule has 0 saturated carbocycles. The van der Waals surface area contributed by atoms with Crippen molar-refractivity contribution in [2.75, 3.05) is 12.5 Å². The summed E-state index contributed by atoms with van der Waals surface area (Å²) in [5.41, 5.74) is 2.50.